The molecule has 0 radical (unpaired) electrons. The molecule has 3 aliphatic rings. The lowest BCUT2D eigenvalue weighted by Crippen LogP contribution is -2.53. The minimum Gasteiger partial charge on any atom is -0.396 e. The van der Waals surface area contributed by atoms with E-state index in [-0.39, 0.29) is 24.3 Å². The summed E-state index contributed by atoms with van der Waals surface area (Å²) in [5.41, 5.74) is 0.244. The summed E-state index contributed by atoms with van der Waals surface area (Å²) >= 11 is 0. The lowest BCUT2D eigenvalue weighted by Gasteiger charge is -2.33. The van der Waals surface area contributed by atoms with E-state index in [0.717, 1.165) is 10.8 Å². The second-order valence-corrected chi connectivity index (χ2v) is 10.4. The molecule has 1 spiro atoms. The third-order valence-corrected chi connectivity index (χ3v) is 8.22. The number of hydrogen-bond acceptors (Lipinski definition) is 5. The number of amides is 3. The molecule has 3 aromatic rings. The zero-order chi connectivity index (χ0) is 26.3. The summed E-state index contributed by atoms with van der Waals surface area (Å²) < 4.78 is 6.47. The van der Waals surface area contributed by atoms with Crippen LogP contribution in [0.1, 0.15) is 25.7 Å². The smallest absolute Gasteiger partial charge is 0.250 e. The number of nitrogens with one attached hydrogen (secondary N) is 2. The third-order valence-electron chi connectivity index (χ3n) is 8.22. The van der Waals surface area contributed by atoms with E-state index in [1.54, 1.807) is 17.0 Å². The molecule has 196 valence electrons. The molecule has 0 aromatic heterocycles. The summed E-state index contributed by atoms with van der Waals surface area (Å²) in [5, 5.41) is 17.4. The zero-order valence-electron chi connectivity index (χ0n) is 21.0. The van der Waals surface area contributed by atoms with Crippen LogP contribution in [0.3, 0.4) is 0 Å². The Labute approximate surface area is 221 Å². The van der Waals surface area contributed by atoms with E-state index in [1.165, 1.54) is 0 Å². The van der Waals surface area contributed by atoms with E-state index in [2.05, 4.69) is 10.6 Å². The predicted molar refractivity (Wildman–Crippen MR) is 143 cm³/mol. The Morgan fingerprint density at radius 1 is 0.921 bits per heavy atom. The third kappa shape index (κ3) is 4.04. The summed E-state index contributed by atoms with van der Waals surface area (Å²) in [7, 11) is 0. The fourth-order valence-electron chi connectivity index (χ4n) is 6.61. The lowest BCUT2D eigenvalue weighted by atomic mass is 9.70. The van der Waals surface area contributed by atoms with E-state index in [4.69, 9.17) is 4.74 Å². The van der Waals surface area contributed by atoms with Crippen LogP contribution in [-0.2, 0) is 19.1 Å². The first kappa shape index (κ1) is 24.6. The number of aliphatic hydroxyl groups is 1. The number of fused-ring (bicyclic) bond motifs is 2. The highest BCUT2D eigenvalue weighted by Crippen LogP contribution is 2.58. The topological polar surface area (TPSA) is 108 Å². The van der Waals surface area contributed by atoms with Gasteiger partial charge in [-0.3, -0.25) is 14.4 Å². The van der Waals surface area contributed by atoms with Crippen LogP contribution in [0.15, 0.2) is 72.8 Å². The summed E-state index contributed by atoms with van der Waals surface area (Å²) in [6.07, 6.45) is 1.80. The highest BCUT2D eigenvalue weighted by atomic mass is 16.5. The molecule has 6 rings (SSSR count). The fourth-order valence-corrected chi connectivity index (χ4v) is 6.61. The minimum atomic E-state index is -1.05. The monoisotopic (exact) mass is 513 g/mol. The van der Waals surface area contributed by atoms with Gasteiger partial charge in [-0.2, -0.15) is 0 Å². The first-order valence-electron chi connectivity index (χ1n) is 13.3. The molecule has 3 amide bonds. The lowest BCUT2D eigenvalue weighted by molar-refractivity contribution is -0.139. The average Bonchev–Trinajstić information content (AvgIpc) is 3.57. The number of likely N-dealkylation sites (tertiary alicyclic amines) is 1. The van der Waals surface area contributed by atoms with Crippen molar-refractivity contribution in [1.29, 1.82) is 0 Å². The number of rotatable bonds is 8. The van der Waals surface area contributed by atoms with Gasteiger partial charge in [0.15, 0.2) is 0 Å². The maximum Gasteiger partial charge on any atom is 0.250 e. The van der Waals surface area contributed by atoms with Crippen molar-refractivity contribution >= 4 is 39.9 Å². The normalized spacial score (nSPS) is 27.5. The quantitative estimate of drug-likeness (QED) is 0.399. The van der Waals surface area contributed by atoms with E-state index in [1.807, 2.05) is 60.7 Å². The van der Waals surface area contributed by atoms with Crippen molar-refractivity contribution in [3.8, 4) is 0 Å². The molecule has 3 saturated heterocycles. The molecule has 0 aliphatic carbocycles. The van der Waals surface area contributed by atoms with Crippen LogP contribution in [0.5, 0.6) is 0 Å². The molecule has 0 saturated carbocycles. The molecule has 3 heterocycles. The van der Waals surface area contributed by atoms with Crippen LogP contribution in [0.4, 0.5) is 11.4 Å². The van der Waals surface area contributed by atoms with Gasteiger partial charge in [0.1, 0.15) is 11.6 Å². The Kier molecular flexibility index (Phi) is 6.37. The molecule has 38 heavy (non-hydrogen) atoms. The average molecular weight is 514 g/mol. The van der Waals surface area contributed by atoms with E-state index >= 15 is 0 Å². The highest BCUT2D eigenvalue weighted by molar-refractivity contribution is 6.05. The number of benzene rings is 3. The highest BCUT2D eigenvalue weighted by Gasteiger charge is 2.74. The van der Waals surface area contributed by atoms with Crippen molar-refractivity contribution in [2.24, 2.45) is 11.8 Å². The van der Waals surface area contributed by atoms with Gasteiger partial charge in [0.05, 0.1) is 17.9 Å². The van der Waals surface area contributed by atoms with Gasteiger partial charge in [-0.1, -0.05) is 48.5 Å². The molecule has 8 nitrogen and oxygen atoms in total. The Bertz CT molecular complexity index is 1380. The zero-order valence-corrected chi connectivity index (χ0v) is 21.0. The second-order valence-electron chi connectivity index (χ2n) is 10.4. The van der Waals surface area contributed by atoms with Crippen LogP contribution < -0.4 is 10.6 Å². The number of hydrogen-bond donors (Lipinski definition) is 3. The predicted octanol–water partition coefficient (Wildman–Crippen LogP) is 3.56. The summed E-state index contributed by atoms with van der Waals surface area (Å²) in [6, 6.07) is 21.9. The molecular weight excluding hydrogens is 482 g/mol. The van der Waals surface area contributed by atoms with Gasteiger partial charge >= 0.3 is 0 Å². The number of anilines is 2. The van der Waals surface area contributed by atoms with Crippen molar-refractivity contribution in [1.82, 2.24) is 4.90 Å². The second kappa shape index (κ2) is 9.85. The molecular formula is C30H31N3O5. The van der Waals surface area contributed by atoms with Gasteiger partial charge in [0.2, 0.25) is 17.7 Å². The Balaban J connectivity index is 1.30. The minimum absolute atomic E-state index is 0.00519. The van der Waals surface area contributed by atoms with E-state index < -0.39 is 29.6 Å². The van der Waals surface area contributed by atoms with Crippen molar-refractivity contribution in [2.75, 3.05) is 23.8 Å². The number of carbonyl (C=O) groups excluding carboxylic acids is 3. The molecule has 3 aromatic carbocycles. The van der Waals surface area contributed by atoms with Crippen LogP contribution in [0.2, 0.25) is 0 Å². The fraction of sp³-hybridized carbons (Fsp3) is 0.367. The first-order valence-corrected chi connectivity index (χ1v) is 13.3. The van der Waals surface area contributed by atoms with Gasteiger partial charge in [-0.25, -0.2) is 0 Å². The maximum atomic E-state index is 13.9. The molecule has 2 bridgehead atoms. The Hall–Kier alpha value is -3.75. The summed E-state index contributed by atoms with van der Waals surface area (Å²) in [6.45, 7) is 0.319. The summed E-state index contributed by atoms with van der Waals surface area (Å²) in [5.74, 6) is -2.20. The standard InChI is InChI=1S/C30H31N3O5/c34-17-7-6-16-33-26(28(36)32-22-13-12-19-8-4-5-9-20(19)18-22)30-15-14-23(38-30)24(25(30)29(33)37)27(35)31-21-10-2-1-3-11-21/h1-5,8-13,18,23-26,34H,6-7,14-17H2,(H,31,35)(H,32,36)/t23-,24+,25+,26?,30?/m1/s1. The largest absolute Gasteiger partial charge is 0.396 e. The van der Waals surface area contributed by atoms with Crippen molar-refractivity contribution in [3.05, 3.63) is 72.8 Å². The van der Waals surface area contributed by atoms with Crippen LogP contribution in [0, 0.1) is 11.8 Å². The van der Waals surface area contributed by atoms with E-state index in [9.17, 15) is 19.5 Å². The van der Waals surface area contributed by atoms with Crippen molar-refractivity contribution in [3.63, 3.8) is 0 Å². The van der Waals surface area contributed by atoms with Crippen molar-refractivity contribution < 1.29 is 24.2 Å². The van der Waals surface area contributed by atoms with Crippen LogP contribution >= 0.6 is 0 Å². The number of nitrogens with zero attached hydrogens (tertiary/aromatic N) is 1. The first-order chi connectivity index (χ1) is 18.5. The van der Waals surface area contributed by atoms with Gasteiger partial charge in [-0.15, -0.1) is 0 Å². The Morgan fingerprint density at radius 3 is 2.45 bits per heavy atom. The number of unbranched alkanes of at least 4 members (excludes halogenated alkanes) is 1. The summed E-state index contributed by atoms with van der Waals surface area (Å²) in [4.78, 5) is 42.8. The van der Waals surface area contributed by atoms with Gasteiger partial charge < -0.3 is 25.4 Å². The molecule has 3 fully saturated rings. The van der Waals surface area contributed by atoms with Gasteiger partial charge in [0, 0.05) is 24.5 Å². The number of ether oxygens (including phenoxy) is 1. The molecule has 2 unspecified atom stereocenters. The molecule has 5 atom stereocenters. The maximum absolute atomic E-state index is 13.9. The number of para-hydroxylation sites is 1. The number of aliphatic hydroxyl groups excluding tert-OH is 1. The van der Waals surface area contributed by atoms with Crippen molar-refractivity contribution in [2.45, 2.75) is 43.4 Å². The van der Waals surface area contributed by atoms with Gasteiger partial charge in [-0.05, 0) is 60.7 Å². The van der Waals surface area contributed by atoms with Gasteiger partial charge in [0.25, 0.3) is 0 Å². The SMILES string of the molecule is O=C(Nc1ccc2ccccc2c1)C1N(CCCCO)C(=O)[C@@H]2[C@@H](C(=O)Nc3ccccc3)[C@H]3CCC12O3. The van der Waals surface area contributed by atoms with Crippen LogP contribution in [0.25, 0.3) is 10.8 Å². The number of carbonyl (C=O) groups is 3. The Morgan fingerprint density at radius 2 is 1.66 bits per heavy atom. The van der Waals surface area contributed by atoms with E-state index in [0.29, 0.717) is 43.6 Å². The van der Waals surface area contributed by atoms with Crippen LogP contribution in [-0.4, -0.2) is 58.6 Å². The molecule has 8 heteroatoms. The molecule has 3 N–H and O–H groups in total. The molecule has 3 aliphatic heterocycles.